The summed E-state index contributed by atoms with van der Waals surface area (Å²) < 4.78 is 1.94. The average Bonchev–Trinajstić information content (AvgIpc) is 2.82. The van der Waals surface area contributed by atoms with E-state index < -0.39 is 0 Å². The summed E-state index contributed by atoms with van der Waals surface area (Å²) in [7, 11) is 0. The largest absolute Gasteiger partial charge is 0.340 e. The molecule has 2 nitrogen and oxygen atoms in total. The van der Waals surface area contributed by atoms with E-state index in [0.29, 0.717) is 11.6 Å². The number of carbonyl (C=O) groups excluding carboxylic acids is 1. The first-order chi connectivity index (χ1) is 9.65. The van der Waals surface area contributed by atoms with Gasteiger partial charge in [0.1, 0.15) is 0 Å². The number of halogens is 1. The van der Waals surface area contributed by atoms with E-state index in [1.165, 1.54) is 0 Å². The van der Waals surface area contributed by atoms with Gasteiger partial charge in [-0.3, -0.25) is 4.79 Å². The minimum atomic E-state index is 0.112. The van der Waals surface area contributed by atoms with Crippen LogP contribution in [0, 0.1) is 6.92 Å². The highest BCUT2D eigenvalue weighted by atomic mass is 35.5. The van der Waals surface area contributed by atoms with Gasteiger partial charge in [0, 0.05) is 22.3 Å². The van der Waals surface area contributed by atoms with Gasteiger partial charge in [0.25, 0.3) is 0 Å². The number of rotatable bonds is 3. The Morgan fingerprint density at radius 3 is 2.75 bits per heavy atom. The van der Waals surface area contributed by atoms with E-state index in [4.69, 9.17) is 11.6 Å². The molecule has 100 valence electrons. The Kier molecular flexibility index (Phi) is 3.33. The third kappa shape index (κ3) is 2.35. The second-order valence-corrected chi connectivity index (χ2v) is 5.32. The van der Waals surface area contributed by atoms with Crippen LogP contribution in [0.2, 0.25) is 5.02 Å². The molecule has 20 heavy (non-hydrogen) atoms. The van der Waals surface area contributed by atoms with Gasteiger partial charge in [-0.2, -0.15) is 0 Å². The van der Waals surface area contributed by atoms with Crippen LogP contribution in [0.1, 0.15) is 15.9 Å². The second kappa shape index (κ2) is 5.14. The predicted molar refractivity (Wildman–Crippen MR) is 82.5 cm³/mol. The molecule has 0 N–H and O–H groups in total. The maximum absolute atomic E-state index is 12.4. The summed E-state index contributed by atoms with van der Waals surface area (Å²) >= 11 is 6.03. The summed E-state index contributed by atoms with van der Waals surface area (Å²) in [5, 5.41) is 1.77. The van der Waals surface area contributed by atoms with Crippen molar-refractivity contribution in [2.75, 3.05) is 0 Å². The van der Waals surface area contributed by atoms with Crippen LogP contribution in [0.5, 0.6) is 0 Å². The van der Waals surface area contributed by atoms with Crippen molar-refractivity contribution in [3.63, 3.8) is 0 Å². The Morgan fingerprint density at radius 2 is 1.95 bits per heavy atom. The lowest BCUT2D eigenvalue weighted by Gasteiger charge is -2.07. The first kappa shape index (κ1) is 12.9. The van der Waals surface area contributed by atoms with Crippen LogP contribution in [-0.2, 0) is 6.54 Å². The Bertz CT molecular complexity index is 789. The molecule has 0 fully saturated rings. The van der Waals surface area contributed by atoms with Crippen molar-refractivity contribution in [3.8, 4) is 0 Å². The molecule has 3 aromatic rings. The lowest BCUT2D eigenvalue weighted by Crippen LogP contribution is -2.10. The topological polar surface area (TPSA) is 22.0 Å². The number of nitrogens with zero attached hydrogens (tertiary/aromatic N) is 1. The van der Waals surface area contributed by atoms with Gasteiger partial charge in [0.15, 0.2) is 5.78 Å². The molecule has 2 aromatic carbocycles. The lowest BCUT2D eigenvalue weighted by molar-refractivity contribution is 0.0973. The average molecular weight is 284 g/mol. The number of Topliss-reactive ketones (excluding diaryl/α,β-unsaturated/α-hetero) is 1. The maximum atomic E-state index is 12.4. The summed E-state index contributed by atoms with van der Waals surface area (Å²) in [6.07, 6.45) is 1.93. The zero-order valence-corrected chi connectivity index (χ0v) is 11.9. The Morgan fingerprint density at radius 1 is 1.15 bits per heavy atom. The molecule has 0 saturated carbocycles. The number of hydrogen-bond donors (Lipinski definition) is 0. The highest BCUT2D eigenvalue weighted by Crippen LogP contribution is 2.21. The van der Waals surface area contributed by atoms with Gasteiger partial charge in [-0.05, 0) is 36.1 Å². The third-order valence-corrected chi connectivity index (χ3v) is 3.73. The summed E-state index contributed by atoms with van der Waals surface area (Å²) in [4.78, 5) is 12.4. The smallest absolute Gasteiger partial charge is 0.182 e. The molecule has 0 atom stereocenters. The van der Waals surface area contributed by atoms with Gasteiger partial charge in [-0.25, -0.2) is 0 Å². The second-order valence-electron chi connectivity index (χ2n) is 4.88. The molecule has 0 aliphatic carbocycles. The van der Waals surface area contributed by atoms with E-state index in [9.17, 15) is 4.79 Å². The van der Waals surface area contributed by atoms with Crippen molar-refractivity contribution in [3.05, 3.63) is 70.9 Å². The molecule has 0 unspecified atom stereocenters. The van der Waals surface area contributed by atoms with Crippen LogP contribution in [0.15, 0.2) is 54.7 Å². The Labute approximate surface area is 122 Å². The Hall–Kier alpha value is -2.06. The molecule has 3 rings (SSSR count). The van der Waals surface area contributed by atoms with E-state index in [-0.39, 0.29) is 5.78 Å². The molecule has 0 saturated heterocycles. The highest BCUT2D eigenvalue weighted by molar-refractivity contribution is 6.31. The maximum Gasteiger partial charge on any atom is 0.182 e. The molecular formula is C17H14ClNO. The molecule has 0 aliphatic rings. The quantitative estimate of drug-likeness (QED) is 0.649. The summed E-state index contributed by atoms with van der Waals surface area (Å²) in [6.45, 7) is 2.28. The van der Waals surface area contributed by atoms with Crippen LogP contribution >= 0.6 is 11.6 Å². The Balaban J connectivity index is 1.96. The zero-order chi connectivity index (χ0) is 14.1. The minimum absolute atomic E-state index is 0.112. The molecule has 0 amide bonds. The number of ketones is 1. The first-order valence-electron chi connectivity index (χ1n) is 6.48. The summed E-state index contributed by atoms with van der Waals surface area (Å²) in [5.41, 5.74) is 2.77. The number of fused-ring (bicyclic) bond motifs is 1. The van der Waals surface area contributed by atoms with Crippen molar-refractivity contribution in [1.29, 1.82) is 0 Å². The number of hydrogen-bond acceptors (Lipinski definition) is 1. The van der Waals surface area contributed by atoms with E-state index in [1.807, 2.05) is 66.2 Å². The van der Waals surface area contributed by atoms with Crippen molar-refractivity contribution in [2.45, 2.75) is 13.5 Å². The van der Waals surface area contributed by atoms with Crippen LogP contribution in [-0.4, -0.2) is 10.4 Å². The minimum Gasteiger partial charge on any atom is -0.340 e. The van der Waals surface area contributed by atoms with Crippen molar-refractivity contribution in [1.82, 2.24) is 4.57 Å². The molecule has 0 radical (unpaired) electrons. The number of benzene rings is 2. The van der Waals surface area contributed by atoms with Crippen LogP contribution in [0.25, 0.3) is 10.9 Å². The normalized spacial score (nSPS) is 10.9. The fraction of sp³-hybridized carbons (Fsp3) is 0.118. The first-order valence-corrected chi connectivity index (χ1v) is 6.86. The predicted octanol–water partition coefficient (Wildman–Crippen LogP) is 4.49. The fourth-order valence-corrected chi connectivity index (χ4v) is 2.59. The molecular weight excluding hydrogens is 270 g/mol. The zero-order valence-electron chi connectivity index (χ0n) is 11.1. The van der Waals surface area contributed by atoms with Crippen LogP contribution < -0.4 is 0 Å². The molecule has 1 heterocycles. The summed E-state index contributed by atoms with van der Waals surface area (Å²) in [6, 6.07) is 15.4. The number of aromatic nitrogens is 1. The highest BCUT2D eigenvalue weighted by Gasteiger charge is 2.10. The van der Waals surface area contributed by atoms with Gasteiger partial charge in [0.05, 0.1) is 6.54 Å². The molecule has 0 spiro atoms. The molecule has 0 aliphatic heterocycles. The van der Waals surface area contributed by atoms with Gasteiger partial charge in [0.2, 0.25) is 0 Å². The van der Waals surface area contributed by atoms with Gasteiger partial charge in [-0.1, -0.05) is 41.9 Å². The SMILES string of the molecule is Cc1ccccc1C(=O)Cn1ccc2ccc(Cl)cc21. The summed E-state index contributed by atoms with van der Waals surface area (Å²) in [5.74, 6) is 0.112. The van der Waals surface area contributed by atoms with E-state index in [1.54, 1.807) is 0 Å². The van der Waals surface area contributed by atoms with Gasteiger partial charge >= 0.3 is 0 Å². The fourth-order valence-electron chi connectivity index (χ4n) is 2.42. The number of carbonyl (C=O) groups is 1. The third-order valence-electron chi connectivity index (χ3n) is 3.50. The van der Waals surface area contributed by atoms with E-state index in [0.717, 1.165) is 22.0 Å². The molecule has 1 aromatic heterocycles. The molecule has 3 heteroatoms. The van der Waals surface area contributed by atoms with Crippen LogP contribution in [0.4, 0.5) is 0 Å². The monoisotopic (exact) mass is 283 g/mol. The van der Waals surface area contributed by atoms with Crippen molar-refractivity contribution in [2.24, 2.45) is 0 Å². The van der Waals surface area contributed by atoms with E-state index in [2.05, 4.69) is 0 Å². The molecule has 0 bridgehead atoms. The van der Waals surface area contributed by atoms with Crippen molar-refractivity contribution >= 4 is 28.3 Å². The lowest BCUT2D eigenvalue weighted by atomic mass is 10.1. The van der Waals surface area contributed by atoms with Crippen molar-refractivity contribution < 1.29 is 4.79 Å². The van der Waals surface area contributed by atoms with Gasteiger partial charge < -0.3 is 4.57 Å². The van der Waals surface area contributed by atoms with Crippen LogP contribution in [0.3, 0.4) is 0 Å². The standard InChI is InChI=1S/C17H14ClNO/c1-12-4-2-3-5-15(12)17(20)11-19-9-8-13-6-7-14(18)10-16(13)19/h2-10H,11H2,1H3. The van der Waals surface area contributed by atoms with E-state index >= 15 is 0 Å². The van der Waals surface area contributed by atoms with Gasteiger partial charge in [-0.15, -0.1) is 0 Å². The number of aryl methyl sites for hydroxylation is 1.